The highest BCUT2D eigenvalue weighted by Gasteiger charge is 2.21. The largest absolute Gasteiger partial charge is 0.107 e. The molecule has 0 spiro atoms. The summed E-state index contributed by atoms with van der Waals surface area (Å²) < 4.78 is 0. The van der Waals surface area contributed by atoms with Crippen LogP contribution in [-0.2, 0) is 0 Å². The van der Waals surface area contributed by atoms with Crippen LogP contribution in [0.4, 0.5) is 0 Å². The minimum Gasteiger partial charge on any atom is -0.107 e. The predicted molar refractivity (Wildman–Crippen MR) is 143 cm³/mol. The van der Waals surface area contributed by atoms with E-state index in [1.54, 1.807) is 0 Å². The molecule has 3 aromatic carbocycles. The lowest BCUT2D eigenvalue weighted by atomic mass is 9.95. The first-order chi connectivity index (χ1) is 14.6. The van der Waals surface area contributed by atoms with Crippen LogP contribution in [0.25, 0.3) is 10.8 Å². The molecule has 0 aromatic heterocycles. The summed E-state index contributed by atoms with van der Waals surface area (Å²) >= 11 is 0. The summed E-state index contributed by atoms with van der Waals surface area (Å²) in [6, 6.07) is 36.2. The fourth-order valence-electron chi connectivity index (χ4n) is 3.82. The molecule has 0 unspecified atom stereocenters. The maximum atomic E-state index is 3.91. The van der Waals surface area contributed by atoms with E-state index in [9.17, 15) is 0 Å². The summed E-state index contributed by atoms with van der Waals surface area (Å²) in [6.07, 6.45) is 0. The maximum absolute atomic E-state index is 3.91. The van der Waals surface area contributed by atoms with Crippen LogP contribution in [0.15, 0.2) is 103 Å². The highest BCUT2D eigenvalue weighted by molar-refractivity contribution is 6.84. The van der Waals surface area contributed by atoms with Crippen molar-refractivity contribution in [1.82, 2.24) is 0 Å². The first-order valence-corrected chi connectivity index (χ1v) is 14.8. The van der Waals surface area contributed by atoms with Crippen LogP contribution >= 0.6 is 0 Å². The number of hydrogen-bond donors (Lipinski definition) is 0. The van der Waals surface area contributed by atoms with Crippen molar-refractivity contribution in [1.29, 1.82) is 0 Å². The lowest BCUT2D eigenvalue weighted by molar-refractivity contribution is 1.20. The molecule has 0 radical (unpaired) electrons. The molecule has 0 nitrogen and oxygen atoms in total. The smallest absolute Gasteiger partial charge is 0.0762 e. The average Bonchev–Trinajstić information content (AvgIpc) is 2.83. The molecule has 0 aliphatic carbocycles. The molecular formula is C28H36Si2. The van der Waals surface area contributed by atoms with E-state index in [-0.39, 0.29) is 0 Å². The van der Waals surface area contributed by atoms with E-state index >= 15 is 0 Å². The van der Waals surface area contributed by atoms with E-state index in [0.717, 1.165) is 10.2 Å². The van der Waals surface area contributed by atoms with Gasteiger partial charge in [-0.3, -0.25) is 0 Å². The van der Waals surface area contributed by atoms with Gasteiger partial charge < -0.3 is 0 Å². The summed E-state index contributed by atoms with van der Waals surface area (Å²) in [6.45, 7) is 10.8. The summed E-state index contributed by atoms with van der Waals surface area (Å²) in [5.74, 6) is 0. The van der Waals surface area contributed by atoms with Crippen molar-refractivity contribution in [2.24, 2.45) is 0 Å². The Balaban J connectivity index is 0.000000303. The molecule has 3 rings (SSSR count). The van der Waals surface area contributed by atoms with Gasteiger partial charge in [0, 0.05) is 10.2 Å². The molecule has 0 saturated heterocycles. The second-order valence-electron chi connectivity index (χ2n) is 7.73. The predicted octanol–water partition coefficient (Wildman–Crippen LogP) is 7.19. The molecule has 0 aliphatic heterocycles. The van der Waals surface area contributed by atoms with Crippen LogP contribution in [-0.4, -0.2) is 18.3 Å². The van der Waals surface area contributed by atoms with Gasteiger partial charge in [0.05, 0.1) is 8.07 Å². The quantitative estimate of drug-likeness (QED) is 0.276. The number of hydrogen-bond acceptors (Lipinski definition) is 0. The van der Waals surface area contributed by atoms with Crippen LogP contribution in [0.5, 0.6) is 0 Å². The van der Waals surface area contributed by atoms with Crippen molar-refractivity contribution in [3.8, 4) is 0 Å². The van der Waals surface area contributed by atoms with Crippen LogP contribution in [0.3, 0.4) is 0 Å². The molecule has 0 N–H and O–H groups in total. The van der Waals surface area contributed by atoms with Crippen molar-refractivity contribution in [3.05, 3.63) is 120 Å². The number of benzene rings is 3. The van der Waals surface area contributed by atoms with Gasteiger partial charge in [0.2, 0.25) is 0 Å². The van der Waals surface area contributed by atoms with Crippen molar-refractivity contribution in [2.75, 3.05) is 0 Å². The van der Waals surface area contributed by atoms with Gasteiger partial charge in [-0.1, -0.05) is 135 Å². The standard InChI is InChI=1S/C20H18Si.C8H18Si/c21-20(18-14-8-3-9-15-18)19(16-10-4-1-5-11-16)17-12-6-2-7-13-17;1-5-9(6-2,7-3)8-4/h1-15H,21H3;5H,1,6-8H2,2-4H3. The third-order valence-corrected chi connectivity index (χ3v) is 12.4. The van der Waals surface area contributed by atoms with Crippen LogP contribution in [0.1, 0.15) is 37.5 Å². The third-order valence-electron chi connectivity index (χ3n) is 6.25. The van der Waals surface area contributed by atoms with Gasteiger partial charge in [-0.05, 0) is 22.3 Å². The van der Waals surface area contributed by atoms with Crippen molar-refractivity contribution < 1.29 is 0 Å². The fourth-order valence-corrected chi connectivity index (χ4v) is 7.10. The summed E-state index contributed by atoms with van der Waals surface area (Å²) in [4.78, 5) is 0. The second-order valence-corrected chi connectivity index (χ2v) is 14.0. The second kappa shape index (κ2) is 12.3. The SMILES string of the molecule is C=C[Si](CC)(CC)CC.[SiH3]C(=C(c1ccccc1)c1ccccc1)c1ccccc1. The lowest BCUT2D eigenvalue weighted by Crippen LogP contribution is -2.27. The van der Waals surface area contributed by atoms with E-state index in [2.05, 4.69) is 124 Å². The molecule has 0 heterocycles. The molecule has 30 heavy (non-hydrogen) atoms. The Kier molecular flexibility index (Phi) is 9.79. The first-order valence-electron chi connectivity index (χ1n) is 11.1. The van der Waals surface area contributed by atoms with Gasteiger partial charge >= 0.3 is 0 Å². The normalized spacial score (nSPS) is 10.6. The molecule has 0 saturated carbocycles. The van der Waals surface area contributed by atoms with Crippen molar-refractivity contribution in [3.63, 3.8) is 0 Å². The Morgan fingerprint density at radius 1 is 0.667 bits per heavy atom. The molecule has 0 amide bonds. The number of rotatable bonds is 7. The van der Waals surface area contributed by atoms with Crippen LogP contribution in [0, 0.1) is 0 Å². The molecule has 156 valence electrons. The zero-order valence-electron chi connectivity index (χ0n) is 19.1. The van der Waals surface area contributed by atoms with Gasteiger partial charge in [0.25, 0.3) is 0 Å². The highest BCUT2D eigenvalue weighted by Crippen LogP contribution is 2.30. The van der Waals surface area contributed by atoms with E-state index in [1.165, 1.54) is 45.6 Å². The van der Waals surface area contributed by atoms with E-state index in [1.807, 2.05) is 0 Å². The zero-order chi connectivity index (χ0) is 21.8. The van der Waals surface area contributed by atoms with Gasteiger partial charge in [-0.2, -0.15) is 0 Å². The fraction of sp³-hybridized carbons (Fsp3) is 0.214. The molecule has 0 atom stereocenters. The minimum absolute atomic E-state index is 0.927. The topological polar surface area (TPSA) is 0 Å². The third kappa shape index (κ3) is 6.28. The van der Waals surface area contributed by atoms with Gasteiger partial charge in [0.15, 0.2) is 0 Å². The Labute approximate surface area is 187 Å². The van der Waals surface area contributed by atoms with Gasteiger partial charge in [-0.15, -0.1) is 12.3 Å². The van der Waals surface area contributed by atoms with Gasteiger partial charge in [0.1, 0.15) is 0 Å². The minimum atomic E-state index is -0.927. The maximum Gasteiger partial charge on any atom is 0.0762 e. The van der Waals surface area contributed by atoms with Crippen LogP contribution in [0.2, 0.25) is 18.1 Å². The Bertz CT molecular complexity index is 859. The molecule has 0 aliphatic rings. The van der Waals surface area contributed by atoms with Crippen molar-refractivity contribution >= 4 is 29.1 Å². The Hall–Kier alpha value is -2.43. The summed E-state index contributed by atoms with van der Waals surface area (Å²) in [5.41, 5.74) is 7.50. The molecule has 3 aromatic rings. The summed E-state index contributed by atoms with van der Waals surface area (Å²) in [7, 11) is 0.0816. The summed E-state index contributed by atoms with van der Waals surface area (Å²) in [5, 5.41) is 1.44. The van der Waals surface area contributed by atoms with E-state index in [0.29, 0.717) is 0 Å². The first kappa shape index (κ1) is 23.8. The van der Waals surface area contributed by atoms with Gasteiger partial charge in [-0.25, -0.2) is 0 Å². The van der Waals surface area contributed by atoms with E-state index < -0.39 is 8.07 Å². The molecule has 2 heteroatoms. The van der Waals surface area contributed by atoms with E-state index in [4.69, 9.17) is 0 Å². The molecule has 0 fully saturated rings. The lowest BCUT2D eigenvalue weighted by Gasteiger charge is -2.22. The monoisotopic (exact) mass is 428 g/mol. The molecule has 0 bridgehead atoms. The Morgan fingerprint density at radius 3 is 1.27 bits per heavy atom. The van der Waals surface area contributed by atoms with Crippen molar-refractivity contribution in [2.45, 2.75) is 38.9 Å². The Morgan fingerprint density at radius 2 is 1.00 bits per heavy atom. The highest BCUT2D eigenvalue weighted by atomic mass is 28.3. The zero-order valence-corrected chi connectivity index (χ0v) is 22.1. The average molecular weight is 429 g/mol. The molecular weight excluding hydrogens is 392 g/mol. The van der Waals surface area contributed by atoms with Crippen LogP contribution < -0.4 is 0 Å².